The van der Waals surface area contributed by atoms with Crippen LogP contribution in [-0.2, 0) is 0 Å². The zero-order valence-electron chi connectivity index (χ0n) is 10.1. The molecule has 0 aromatic heterocycles. The largest absolute Gasteiger partial charge is 0.503 e. The smallest absolute Gasteiger partial charge is 0.255 e. The van der Waals surface area contributed by atoms with Gasteiger partial charge >= 0.3 is 0 Å². The van der Waals surface area contributed by atoms with Crippen molar-refractivity contribution in [2.24, 2.45) is 11.7 Å². The molecule has 8 heteroatoms. The summed E-state index contributed by atoms with van der Waals surface area (Å²) in [5, 5.41) is 11.4. The average molecular weight is 304 g/mol. The molecule has 0 heterocycles. The molecule has 1 unspecified atom stereocenters. The summed E-state index contributed by atoms with van der Waals surface area (Å²) in [5.74, 6) is -7.27. The van der Waals surface area contributed by atoms with Crippen LogP contribution in [0.15, 0.2) is 6.07 Å². The van der Waals surface area contributed by atoms with E-state index in [2.05, 4.69) is 5.32 Å². The van der Waals surface area contributed by atoms with E-state index in [0.717, 1.165) is 12.8 Å². The molecule has 0 spiro atoms. The number of phenolic OH excluding ortho intramolecular Hbond substituents is 1. The fourth-order valence-electron chi connectivity index (χ4n) is 1.83. The Morgan fingerprint density at radius 2 is 2.00 bits per heavy atom. The molecular formula is C12H11F3N2O2S. The van der Waals surface area contributed by atoms with Gasteiger partial charge in [0.1, 0.15) is 0 Å². The van der Waals surface area contributed by atoms with E-state index >= 15 is 0 Å². The van der Waals surface area contributed by atoms with Gasteiger partial charge in [-0.25, -0.2) is 8.78 Å². The van der Waals surface area contributed by atoms with E-state index in [1.165, 1.54) is 0 Å². The minimum Gasteiger partial charge on any atom is -0.503 e. The number of thiocarbonyl (C=S) groups is 1. The monoisotopic (exact) mass is 304 g/mol. The first-order chi connectivity index (χ1) is 9.32. The van der Waals surface area contributed by atoms with E-state index in [-0.39, 0.29) is 10.9 Å². The quantitative estimate of drug-likeness (QED) is 0.583. The molecule has 1 saturated carbocycles. The lowest BCUT2D eigenvalue weighted by Gasteiger charge is -2.17. The van der Waals surface area contributed by atoms with Crippen molar-refractivity contribution in [2.45, 2.75) is 18.9 Å². The third-order valence-electron chi connectivity index (χ3n) is 3.06. The number of carbonyl (C=O) groups is 1. The summed E-state index contributed by atoms with van der Waals surface area (Å²) in [5.41, 5.74) is 4.66. The molecule has 0 aliphatic heterocycles. The standard InChI is InChI=1S/C12H11F3N2O2S/c13-6-3-5(7(14)10(18)8(6)15)12(19)17-9(11(16)20)4-1-2-4/h3-4,9,18H,1-2H2,(H2,16,20)(H,17,19). The van der Waals surface area contributed by atoms with E-state index < -0.39 is 40.7 Å². The summed E-state index contributed by atoms with van der Waals surface area (Å²) < 4.78 is 39.6. The van der Waals surface area contributed by atoms with Gasteiger partial charge in [0.2, 0.25) is 5.82 Å². The van der Waals surface area contributed by atoms with Gasteiger partial charge in [0.25, 0.3) is 5.91 Å². The zero-order valence-corrected chi connectivity index (χ0v) is 10.9. The van der Waals surface area contributed by atoms with Crippen molar-refractivity contribution in [3.05, 3.63) is 29.1 Å². The summed E-state index contributed by atoms with van der Waals surface area (Å²) in [6.07, 6.45) is 1.63. The van der Waals surface area contributed by atoms with E-state index in [0.29, 0.717) is 6.07 Å². The Labute approximate surface area is 117 Å². The lowest BCUT2D eigenvalue weighted by atomic mass is 10.1. The van der Waals surface area contributed by atoms with Gasteiger partial charge in [-0.3, -0.25) is 4.79 Å². The van der Waals surface area contributed by atoms with Gasteiger partial charge in [-0.2, -0.15) is 4.39 Å². The SMILES string of the molecule is NC(=S)C(NC(=O)c1cc(F)c(F)c(O)c1F)C1CC1. The van der Waals surface area contributed by atoms with Gasteiger partial charge in [0.15, 0.2) is 17.4 Å². The fourth-order valence-corrected chi connectivity index (χ4v) is 2.08. The van der Waals surface area contributed by atoms with Crippen molar-refractivity contribution in [2.75, 3.05) is 0 Å². The van der Waals surface area contributed by atoms with Gasteiger partial charge in [-0.15, -0.1) is 0 Å². The van der Waals surface area contributed by atoms with Gasteiger partial charge in [0.05, 0.1) is 16.6 Å². The summed E-state index contributed by atoms with van der Waals surface area (Å²) in [7, 11) is 0. The fraction of sp³-hybridized carbons (Fsp3) is 0.333. The minimum atomic E-state index is -1.74. The molecule has 1 amide bonds. The Balaban J connectivity index is 2.27. The average Bonchev–Trinajstić information content (AvgIpc) is 3.21. The Bertz CT molecular complexity index is 591. The highest BCUT2D eigenvalue weighted by atomic mass is 32.1. The lowest BCUT2D eigenvalue weighted by molar-refractivity contribution is 0.0938. The van der Waals surface area contributed by atoms with Crippen LogP contribution in [0.4, 0.5) is 13.2 Å². The van der Waals surface area contributed by atoms with Crippen LogP contribution in [0.25, 0.3) is 0 Å². The third kappa shape index (κ3) is 2.69. The molecule has 4 nitrogen and oxygen atoms in total. The number of nitrogens with two attached hydrogens (primary N) is 1. The van der Waals surface area contributed by atoms with Gasteiger partial charge in [0, 0.05) is 0 Å². The van der Waals surface area contributed by atoms with Crippen molar-refractivity contribution in [1.29, 1.82) is 0 Å². The molecule has 1 aromatic rings. The maximum atomic E-state index is 13.6. The molecule has 1 aliphatic rings. The number of nitrogens with one attached hydrogen (secondary N) is 1. The van der Waals surface area contributed by atoms with Crippen LogP contribution >= 0.6 is 12.2 Å². The predicted molar refractivity (Wildman–Crippen MR) is 68.7 cm³/mol. The number of aromatic hydroxyl groups is 1. The van der Waals surface area contributed by atoms with Crippen molar-refractivity contribution < 1.29 is 23.1 Å². The van der Waals surface area contributed by atoms with Crippen LogP contribution in [0.3, 0.4) is 0 Å². The zero-order chi connectivity index (χ0) is 15.0. The number of phenols is 1. The number of benzene rings is 1. The first-order valence-corrected chi connectivity index (χ1v) is 6.20. The van der Waals surface area contributed by atoms with Crippen LogP contribution in [-0.4, -0.2) is 22.0 Å². The van der Waals surface area contributed by atoms with Crippen LogP contribution in [0.1, 0.15) is 23.2 Å². The molecule has 2 rings (SSSR count). The third-order valence-corrected chi connectivity index (χ3v) is 3.32. The molecule has 0 saturated heterocycles. The Morgan fingerprint density at radius 1 is 1.40 bits per heavy atom. The number of carbonyl (C=O) groups excluding carboxylic acids is 1. The van der Waals surface area contributed by atoms with E-state index in [9.17, 15) is 18.0 Å². The van der Waals surface area contributed by atoms with Gasteiger partial charge in [-0.1, -0.05) is 12.2 Å². The van der Waals surface area contributed by atoms with Crippen molar-refractivity contribution in [3.63, 3.8) is 0 Å². The van der Waals surface area contributed by atoms with Crippen molar-refractivity contribution >= 4 is 23.1 Å². The second-order valence-electron chi connectivity index (χ2n) is 4.57. The van der Waals surface area contributed by atoms with E-state index in [4.69, 9.17) is 23.1 Å². The van der Waals surface area contributed by atoms with Crippen LogP contribution in [0.2, 0.25) is 0 Å². The minimum absolute atomic E-state index is 0.0352. The maximum Gasteiger partial charge on any atom is 0.255 e. The first-order valence-electron chi connectivity index (χ1n) is 5.79. The molecule has 0 radical (unpaired) electrons. The molecule has 1 aliphatic carbocycles. The van der Waals surface area contributed by atoms with Crippen LogP contribution < -0.4 is 11.1 Å². The van der Waals surface area contributed by atoms with E-state index in [1.807, 2.05) is 0 Å². The normalized spacial score (nSPS) is 15.8. The lowest BCUT2D eigenvalue weighted by Crippen LogP contribution is -2.45. The Hall–Kier alpha value is -1.83. The molecule has 0 bridgehead atoms. The van der Waals surface area contributed by atoms with Gasteiger partial charge < -0.3 is 16.2 Å². The molecular weight excluding hydrogens is 293 g/mol. The second-order valence-corrected chi connectivity index (χ2v) is 5.04. The van der Waals surface area contributed by atoms with Crippen LogP contribution in [0.5, 0.6) is 5.75 Å². The topological polar surface area (TPSA) is 75.3 Å². The first kappa shape index (κ1) is 14.6. The molecule has 1 aromatic carbocycles. The summed E-state index contributed by atoms with van der Waals surface area (Å²) >= 11 is 4.79. The number of halogens is 3. The molecule has 1 atom stereocenters. The predicted octanol–water partition coefficient (Wildman–Crippen LogP) is 1.60. The second kappa shape index (κ2) is 5.28. The number of rotatable bonds is 4. The van der Waals surface area contributed by atoms with Crippen molar-refractivity contribution in [3.8, 4) is 5.75 Å². The van der Waals surface area contributed by atoms with Gasteiger partial charge in [-0.05, 0) is 24.8 Å². The highest BCUT2D eigenvalue weighted by molar-refractivity contribution is 7.80. The van der Waals surface area contributed by atoms with Crippen LogP contribution in [0, 0.1) is 23.4 Å². The molecule has 108 valence electrons. The Kier molecular flexibility index (Phi) is 3.85. The molecule has 4 N–H and O–H groups in total. The Morgan fingerprint density at radius 3 is 2.50 bits per heavy atom. The number of amides is 1. The number of hydrogen-bond donors (Lipinski definition) is 3. The highest BCUT2D eigenvalue weighted by Gasteiger charge is 2.35. The molecule has 20 heavy (non-hydrogen) atoms. The summed E-state index contributed by atoms with van der Waals surface area (Å²) in [6, 6.07) is -0.254. The highest BCUT2D eigenvalue weighted by Crippen LogP contribution is 2.33. The number of hydrogen-bond acceptors (Lipinski definition) is 3. The maximum absolute atomic E-state index is 13.6. The van der Waals surface area contributed by atoms with Crippen molar-refractivity contribution in [1.82, 2.24) is 5.32 Å². The summed E-state index contributed by atoms with van der Waals surface area (Å²) in [4.78, 5) is 11.9. The summed E-state index contributed by atoms with van der Waals surface area (Å²) in [6.45, 7) is 0. The molecule has 1 fully saturated rings. The van der Waals surface area contributed by atoms with E-state index in [1.54, 1.807) is 0 Å².